The largest absolute Gasteiger partial charge is 0.475 e. The molecular weight excluding hydrogens is 384 g/mol. The normalized spacial score (nSPS) is 31.7. The number of hydrogen-bond donors (Lipinski definition) is 4. The van der Waals surface area contributed by atoms with Crippen LogP contribution in [-0.4, -0.2) is 57.2 Å². The fourth-order valence-electron chi connectivity index (χ4n) is 5.84. The molecule has 0 radical (unpaired) electrons. The van der Waals surface area contributed by atoms with Crippen molar-refractivity contribution < 1.29 is 14.6 Å². The van der Waals surface area contributed by atoms with Crippen LogP contribution in [0.5, 0.6) is 5.88 Å². The number of aliphatic hydroxyl groups is 1. The van der Waals surface area contributed by atoms with E-state index in [0.717, 1.165) is 25.0 Å². The maximum Gasteiger partial charge on any atom is 0.228 e. The zero-order valence-corrected chi connectivity index (χ0v) is 17.5. The number of aryl methyl sites for hydroxylation is 1. The van der Waals surface area contributed by atoms with Crippen LogP contribution in [0.1, 0.15) is 37.8 Å². The number of hydrogen-bond acceptors (Lipinski definition) is 8. The van der Waals surface area contributed by atoms with Crippen molar-refractivity contribution >= 4 is 17.6 Å². The lowest BCUT2D eigenvalue weighted by Crippen LogP contribution is -2.59. The SMILES string of the molecule is COCCOc1cc(Nc2cc(C)[nH]n2)nc(NC2C3CC4CC2CC(O)(C4)C3)n1. The highest BCUT2D eigenvalue weighted by atomic mass is 16.5. The molecule has 0 amide bonds. The summed E-state index contributed by atoms with van der Waals surface area (Å²) in [6.45, 7) is 2.85. The molecule has 0 aromatic carbocycles. The van der Waals surface area contributed by atoms with Gasteiger partial charge in [0.25, 0.3) is 0 Å². The van der Waals surface area contributed by atoms with E-state index >= 15 is 0 Å². The van der Waals surface area contributed by atoms with Crippen LogP contribution in [0, 0.1) is 24.7 Å². The molecule has 4 aliphatic carbocycles. The smallest absolute Gasteiger partial charge is 0.228 e. The Morgan fingerprint density at radius 1 is 1.13 bits per heavy atom. The molecular formula is C21H30N6O3. The number of rotatable bonds is 8. The van der Waals surface area contributed by atoms with Crippen molar-refractivity contribution in [2.75, 3.05) is 31.0 Å². The molecule has 0 spiro atoms. The van der Waals surface area contributed by atoms with Gasteiger partial charge in [-0.05, 0) is 56.8 Å². The van der Waals surface area contributed by atoms with Crippen molar-refractivity contribution in [1.82, 2.24) is 20.2 Å². The van der Waals surface area contributed by atoms with Gasteiger partial charge in [0.15, 0.2) is 5.82 Å². The van der Waals surface area contributed by atoms with Crippen LogP contribution in [0.15, 0.2) is 12.1 Å². The minimum atomic E-state index is -0.453. The molecule has 2 unspecified atom stereocenters. The van der Waals surface area contributed by atoms with Crippen molar-refractivity contribution in [2.45, 2.75) is 50.7 Å². The average molecular weight is 415 g/mol. The zero-order chi connectivity index (χ0) is 20.7. The van der Waals surface area contributed by atoms with Gasteiger partial charge in [0, 0.05) is 31.0 Å². The molecule has 30 heavy (non-hydrogen) atoms. The average Bonchev–Trinajstić information content (AvgIpc) is 3.08. The van der Waals surface area contributed by atoms with Gasteiger partial charge >= 0.3 is 0 Å². The zero-order valence-electron chi connectivity index (χ0n) is 17.5. The van der Waals surface area contributed by atoms with Gasteiger partial charge in [-0.3, -0.25) is 5.10 Å². The minimum Gasteiger partial charge on any atom is -0.475 e. The summed E-state index contributed by atoms with van der Waals surface area (Å²) in [6.07, 6.45) is 5.08. The quantitative estimate of drug-likeness (QED) is 0.487. The molecule has 4 aliphatic rings. The van der Waals surface area contributed by atoms with Gasteiger partial charge in [-0.25, -0.2) is 0 Å². The molecule has 2 aromatic heterocycles. The fraction of sp³-hybridized carbons (Fsp3) is 0.667. The van der Waals surface area contributed by atoms with Gasteiger partial charge < -0.3 is 25.2 Å². The maximum absolute atomic E-state index is 10.9. The summed E-state index contributed by atoms with van der Waals surface area (Å²) in [4.78, 5) is 9.26. The van der Waals surface area contributed by atoms with Crippen molar-refractivity contribution in [3.05, 3.63) is 17.8 Å². The molecule has 0 saturated heterocycles. The Morgan fingerprint density at radius 2 is 1.93 bits per heavy atom. The van der Waals surface area contributed by atoms with Crippen LogP contribution in [0.3, 0.4) is 0 Å². The second-order valence-electron chi connectivity index (χ2n) is 9.18. The third-order valence-electron chi connectivity index (χ3n) is 6.74. The molecule has 2 heterocycles. The van der Waals surface area contributed by atoms with E-state index < -0.39 is 5.60 Å². The van der Waals surface area contributed by atoms with E-state index in [2.05, 4.69) is 30.8 Å². The molecule has 162 valence electrons. The van der Waals surface area contributed by atoms with Gasteiger partial charge in [0.1, 0.15) is 12.4 Å². The second-order valence-corrected chi connectivity index (χ2v) is 9.18. The van der Waals surface area contributed by atoms with Crippen LogP contribution in [-0.2, 0) is 4.74 Å². The lowest BCUT2D eigenvalue weighted by atomic mass is 9.52. The van der Waals surface area contributed by atoms with E-state index in [9.17, 15) is 5.11 Å². The number of aromatic nitrogens is 4. The van der Waals surface area contributed by atoms with Crippen molar-refractivity contribution in [3.63, 3.8) is 0 Å². The summed E-state index contributed by atoms with van der Waals surface area (Å²) >= 11 is 0. The van der Waals surface area contributed by atoms with E-state index in [-0.39, 0.29) is 6.04 Å². The first-order valence-electron chi connectivity index (χ1n) is 10.8. The van der Waals surface area contributed by atoms with Crippen LogP contribution in [0.4, 0.5) is 17.6 Å². The molecule has 9 heteroatoms. The second kappa shape index (κ2) is 7.70. The molecule has 4 bridgehead atoms. The molecule has 6 rings (SSSR count). The highest BCUT2D eigenvalue weighted by Crippen LogP contribution is 2.56. The molecule has 9 nitrogen and oxygen atoms in total. The Kier molecular flexibility index (Phi) is 5.02. The molecule has 4 fully saturated rings. The number of H-pyrrole nitrogens is 1. The Balaban J connectivity index is 1.36. The standard InChI is InChI=1S/C21H30N6O3/c1-12-5-17(27-26-12)22-16-8-18(30-4-3-29-2)24-20(23-16)25-19-14-6-13-7-15(19)11-21(28,9-13)10-14/h5,8,13-15,19,28H,3-4,6-7,9-11H2,1-2H3,(H3,22,23,24,25,26,27). The van der Waals surface area contributed by atoms with Crippen molar-refractivity contribution in [3.8, 4) is 5.88 Å². The lowest BCUT2D eigenvalue weighted by molar-refractivity contribution is -0.129. The van der Waals surface area contributed by atoms with Crippen molar-refractivity contribution in [1.29, 1.82) is 0 Å². The predicted molar refractivity (Wildman–Crippen MR) is 112 cm³/mol. The van der Waals surface area contributed by atoms with Gasteiger partial charge in [-0.1, -0.05) is 0 Å². The predicted octanol–water partition coefficient (Wildman–Crippen LogP) is 2.63. The molecule has 2 atom stereocenters. The number of nitrogens with zero attached hydrogens (tertiary/aromatic N) is 3. The van der Waals surface area contributed by atoms with E-state index in [4.69, 9.17) is 9.47 Å². The fourth-order valence-corrected chi connectivity index (χ4v) is 5.84. The summed E-state index contributed by atoms with van der Waals surface area (Å²) in [6, 6.07) is 3.97. The number of aromatic amines is 1. The molecule has 2 aromatic rings. The topological polar surface area (TPSA) is 117 Å². The van der Waals surface area contributed by atoms with Crippen LogP contribution < -0.4 is 15.4 Å². The first-order valence-corrected chi connectivity index (χ1v) is 10.8. The van der Waals surface area contributed by atoms with Gasteiger partial charge in [0.2, 0.25) is 11.8 Å². The van der Waals surface area contributed by atoms with E-state index in [1.807, 2.05) is 13.0 Å². The molecule has 0 aliphatic heterocycles. The van der Waals surface area contributed by atoms with Gasteiger partial charge in [-0.2, -0.15) is 15.1 Å². The molecule has 4 saturated carbocycles. The van der Waals surface area contributed by atoms with Crippen LogP contribution in [0.25, 0.3) is 0 Å². The Morgan fingerprint density at radius 3 is 2.60 bits per heavy atom. The van der Waals surface area contributed by atoms with E-state index in [1.54, 1.807) is 13.2 Å². The lowest BCUT2D eigenvalue weighted by Gasteiger charge is -2.58. The monoisotopic (exact) mass is 414 g/mol. The number of ether oxygens (including phenoxy) is 2. The summed E-state index contributed by atoms with van der Waals surface area (Å²) < 4.78 is 10.9. The van der Waals surface area contributed by atoms with E-state index in [0.29, 0.717) is 54.4 Å². The van der Waals surface area contributed by atoms with Crippen molar-refractivity contribution in [2.24, 2.45) is 17.8 Å². The summed E-state index contributed by atoms with van der Waals surface area (Å²) in [5, 5.41) is 24.8. The minimum absolute atomic E-state index is 0.288. The summed E-state index contributed by atoms with van der Waals surface area (Å²) in [5.74, 6) is 3.94. The third-order valence-corrected chi connectivity index (χ3v) is 6.74. The van der Waals surface area contributed by atoms with Gasteiger partial charge in [-0.15, -0.1) is 0 Å². The highest BCUT2D eigenvalue weighted by molar-refractivity contribution is 5.55. The van der Waals surface area contributed by atoms with Crippen LogP contribution in [0.2, 0.25) is 0 Å². The summed E-state index contributed by atoms with van der Waals surface area (Å²) in [7, 11) is 1.64. The van der Waals surface area contributed by atoms with Crippen LogP contribution >= 0.6 is 0 Å². The summed E-state index contributed by atoms with van der Waals surface area (Å²) in [5.41, 5.74) is 0.513. The number of nitrogens with one attached hydrogen (secondary N) is 3. The molecule has 4 N–H and O–H groups in total. The number of anilines is 3. The van der Waals surface area contributed by atoms with Gasteiger partial charge in [0.05, 0.1) is 12.2 Å². The number of methoxy groups -OCH3 is 1. The van der Waals surface area contributed by atoms with E-state index in [1.165, 1.54) is 12.8 Å². The maximum atomic E-state index is 10.9. The third kappa shape index (κ3) is 3.96. The first-order chi connectivity index (χ1) is 14.5. The Bertz CT molecular complexity index is 887. The highest BCUT2D eigenvalue weighted by Gasteiger charge is 2.54. The Labute approximate surface area is 176 Å². The first kappa shape index (κ1) is 19.6. The Hall–Kier alpha value is -2.39.